The number of Topliss-reactive ketones (excluding diaryl/α,β-unsaturated/α-hetero) is 2. The SMILES string of the molecule is CC(=O)C[C@@]12CCCO[C@@H]1C(c1ccccc1)C2=O. The molecule has 0 amide bonds. The highest BCUT2D eigenvalue weighted by atomic mass is 16.5. The minimum Gasteiger partial charge on any atom is -0.376 e. The van der Waals surface area contributed by atoms with E-state index in [1.165, 1.54) is 0 Å². The van der Waals surface area contributed by atoms with Crippen molar-refractivity contribution in [3.05, 3.63) is 35.9 Å². The number of hydrogen-bond acceptors (Lipinski definition) is 3. The fraction of sp³-hybridized carbons (Fsp3) is 0.500. The molecule has 1 saturated heterocycles. The van der Waals surface area contributed by atoms with Gasteiger partial charge in [0.15, 0.2) is 5.78 Å². The molecule has 3 heteroatoms. The van der Waals surface area contributed by atoms with Crippen LogP contribution in [-0.4, -0.2) is 24.3 Å². The number of ether oxygens (including phenoxy) is 1. The highest BCUT2D eigenvalue weighted by Gasteiger charge is 2.63. The molecule has 1 aromatic carbocycles. The Bertz CT molecular complexity index is 508. The summed E-state index contributed by atoms with van der Waals surface area (Å²) >= 11 is 0. The molecule has 0 spiro atoms. The van der Waals surface area contributed by atoms with Gasteiger partial charge in [0, 0.05) is 13.0 Å². The van der Waals surface area contributed by atoms with Gasteiger partial charge in [-0.25, -0.2) is 0 Å². The van der Waals surface area contributed by atoms with E-state index in [0.717, 1.165) is 18.4 Å². The van der Waals surface area contributed by atoms with E-state index in [4.69, 9.17) is 4.74 Å². The van der Waals surface area contributed by atoms with E-state index >= 15 is 0 Å². The number of carbonyl (C=O) groups is 2. The van der Waals surface area contributed by atoms with E-state index in [-0.39, 0.29) is 23.6 Å². The van der Waals surface area contributed by atoms with Gasteiger partial charge >= 0.3 is 0 Å². The lowest BCUT2D eigenvalue weighted by Gasteiger charge is -2.55. The Morgan fingerprint density at radius 3 is 2.79 bits per heavy atom. The molecule has 1 aliphatic heterocycles. The van der Waals surface area contributed by atoms with Crippen molar-refractivity contribution in [1.29, 1.82) is 0 Å². The zero-order valence-electron chi connectivity index (χ0n) is 11.1. The number of fused-ring (bicyclic) bond motifs is 1. The summed E-state index contributed by atoms with van der Waals surface area (Å²) in [5, 5.41) is 0. The molecule has 19 heavy (non-hydrogen) atoms. The van der Waals surface area contributed by atoms with Crippen molar-refractivity contribution in [1.82, 2.24) is 0 Å². The topological polar surface area (TPSA) is 43.4 Å². The summed E-state index contributed by atoms with van der Waals surface area (Å²) in [6, 6.07) is 9.76. The molecular weight excluding hydrogens is 240 g/mol. The molecule has 0 aromatic heterocycles. The molecule has 0 bridgehead atoms. The molecule has 0 radical (unpaired) electrons. The average molecular weight is 258 g/mol. The van der Waals surface area contributed by atoms with Crippen LogP contribution in [0.4, 0.5) is 0 Å². The number of ketones is 2. The third-order valence-electron chi connectivity index (χ3n) is 4.41. The molecule has 1 unspecified atom stereocenters. The van der Waals surface area contributed by atoms with Crippen molar-refractivity contribution >= 4 is 11.6 Å². The lowest BCUT2D eigenvalue weighted by Crippen LogP contribution is -2.63. The van der Waals surface area contributed by atoms with Crippen molar-refractivity contribution in [3.63, 3.8) is 0 Å². The number of hydrogen-bond donors (Lipinski definition) is 0. The molecule has 3 atom stereocenters. The minimum atomic E-state index is -0.537. The van der Waals surface area contributed by atoms with E-state index < -0.39 is 5.41 Å². The van der Waals surface area contributed by atoms with Crippen LogP contribution in [0.1, 0.15) is 37.7 Å². The lowest BCUT2D eigenvalue weighted by atomic mass is 9.52. The average Bonchev–Trinajstić information content (AvgIpc) is 2.41. The summed E-state index contributed by atoms with van der Waals surface area (Å²) in [4.78, 5) is 24.1. The van der Waals surface area contributed by atoms with E-state index in [1.807, 2.05) is 30.3 Å². The molecule has 1 heterocycles. The van der Waals surface area contributed by atoms with Gasteiger partial charge in [0.2, 0.25) is 0 Å². The normalized spacial score (nSPS) is 33.4. The van der Waals surface area contributed by atoms with Crippen molar-refractivity contribution in [2.45, 2.75) is 38.2 Å². The van der Waals surface area contributed by atoms with Gasteiger partial charge in [-0.15, -0.1) is 0 Å². The fourth-order valence-corrected chi connectivity index (χ4v) is 3.64. The standard InChI is InChI=1S/C16H18O3/c1-11(17)10-16-8-5-9-19-15(16)13(14(16)18)12-6-3-2-4-7-12/h2-4,6-7,13,15H,5,8-10H2,1H3/t13?,15-,16-/m1/s1. The van der Waals surface area contributed by atoms with Crippen molar-refractivity contribution in [2.24, 2.45) is 5.41 Å². The quantitative estimate of drug-likeness (QED) is 0.836. The summed E-state index contributed by atoms with van der Waals surface area (Å²) in [5.74, 6) is 0.0924. The third-order valence-corrected chi connectivity index (χ3v) is 4.41. The fourth-order valence-electron chi connectivity index (χ4n) is 3.64. The predicted octanol–water partition coefficient (Wildman–Crippen LogP) is 2.50. The molecule has 3 nitrogen and oxygen atoms in total. The Hall–Kier alpha value is -1.48. The largest absolute Gasteiger partial charge is 0.376 e. The first kappa shape index (κ1) is 12.5. The first-order valence-corrected chi connectivity index (χ1v) is 6.85. The number of carbonyl (C=O) groups excluding carboxylic acids is 2. The molecular formula is C16H18O3. The lowest BCUT2D eigenvalue weighted by molar-refractivity contribution is -0.186. The molecule has 1 aliphatic carbocycles. The Morgan fingerprint density at radius 1 is 1.37 bits per heavy atom. The second-order valence-corrected chi connectivity index (χ2v) is 5.68. The van der Waals surface area contributed by atoms with Crippen LogP contribution in [0.3, 0.4) is 0 Å². The van der Waals surface area contributed by atoms with E-state index in [2.05, 4.69) is 0 Å². The smallest absolute Gasteiger partial charge is 0.152 e. The highest BCUT2D eigenvalue weighted by Crippen LogP contribution is 2.56. The van der Waals surface area contributed by atoms with E-state index in [1.54, 1.807) is 6.92 Å². The van der Waals surface area contributed by atoms with Gasteiger partial charge in [-0.3, -0.25) is 9.59 Å². The van der Waals surface area contributed by atoms with Crippen LogP contribution < -0.4 is 0 Å². The Balaban J connectivity index is 1.91. The van der Waals surface area contributed by atoms with Crippen LogP contribution in [0.5, 0.6) is 0 Å². The molecule has 1 aromatic rings. The zero-order valence-corrected chi connectivity index (χ0v) is 11.1. The summed E-state index contributed by atoms with van der Waals surface area (Å²) in [6.07, 6.45) is 1.89. The van der Waals surface area contributed by atoms with Gasteiger partial charge < -0.3 is 4.74 Å². The van der Waals surface area contributed by atoms with Gasteiger partial charge in [0.1, 0.15) is 5.78 Å². The van der Waals surface area contributed by atoms with Crippen LogP contribution in [0.2, 0.25) is 0 Å². The molecule has 1 saturated carbocycles. The summed E-state index contributed by atoms with van der Waals surface area (Å²) in [7, 11) is 0. The molecule has 100 valence electrons. The molecule has 2 aliphatic rings. The maximum atomic E-state index is 12.6. The molecule has 3 rings (SSSR count). The summed E-state index contributed by atoms with van der Waals surface area (Å²) in [6.45, 7) is 2.25. The van der Waals surface area contributed by atoms with E-state index in [9.17, 15) is 9.59 Å². The van der Waals surface area contributed by atoms with Gasteiger partial charge in [-0.2, -0.15) is 0 Å². The highest BCUT2D eigenvalue weighted by molar-refractivity contribution is 6.02. The third kappa shape index (κ3) is 1.84. The first-order valence-electron chi connectivity index (χ1n) is 6.85. The van der Waals surface area contributed by atoms with Crippen LogP contribution in [0.25, 0.3) is 0 Å². The predicted molar refractivity (Wildman–Crippen MR) is 70.9 cm³/mol. The first-order chi connectivity index (χ1) is 9.15. The maximum Gasteiger partial charge on any atom is 0.152 e. The van der Waals surface area contributed by atoms with Crippen molar-refractivity contribution < 1.29 is 14.3 Å². The molecule has 2 fully saturated rings. The van der Waals surface area contributed by atoms with E-state index in [0.29, 0.717) is 13.0 Å². The van der Waals surface area contributed by atoms with Crippen LogP contribution in [-0.2, 0) is 14.3 Å². The Labute approximate surface area is 113 Å². The monoisotopic (exact) mass is 258 g/mol. The van der Waals surface area contributed by atoms with Crippen LogP contribution >= 0.6 is 0 Å². The van der Waals surface area contributed by atoms with Gasteiger partial charge in [-0.1, -0.05) is 30.3 Å². The summed E-state index contributed by atoms with van der Waals surface area (Å²) < 4.78 is 5.85. The van der Waals surface area contributed by atoms with Crippen molar-refractivity contribution in [3.8, 4) is 0 Å². The minimum absolute atomic E-state index is 0.0790. The number of benzene rings is 1. The van der Waals surface area contributed by atoms with Crippen molar-refractivity contribution in [2.75, 3.05) is 6.61 Å². The zero-order chi connectivity index (χ0) is 13.5. The van der Waals surface area contributed by atoms with Gasteiger partial charge in [0.05, 0.1) is 17.4 Å². The Morgan fingerprint density at radius 2 is 2.11 bits per heavy atom. The van der Waals surface area contributed by atoms with Gasteiger partial charge in [0.25, 0.3) is 0 Å². The van der Waals surface area contributed by atoms with Crippen LogP contribution in [0.15, 0.2) is 30.3 Å². The van der Waals surface area contributed by atoms with Gasteiger partial charge in [-0.05, 0) is 25.3 Å². The molecule has 0 N–H and O–H groups in total. The maximum absolute atomic E-state index is 12.6. The van der Waals surface area contributed by atoms with Crippen LogP contribution in [0, 0.1) is 5.41 Å². The second kappa shape index (κ2) is 4.57. The second-order valence-electron chi connectivity index (χ2n) is 5.68. The Kier molecular flexibility index (Phi) is 3.02. The summed E-state index contributed by atoms with van der Waals surface area (Å²) in [5.41, 5.74) is 0.475. The number of rotatable bonds is 3.